The van der Waals surface area contributed by atoms with Crippen molar-refractivity contribution in [1.29, 1.82) is 0 Å². The van der Waals surface area contributed by atoms with E-state index in [1.807, 2.05) is 6.07 Å². The molecular formula is C21H19BrN2O6. The third-order valence-electron chi connectivity index (χ3n) is 4.39. The highest BCUT2D eigenvalue weighted by atomic mass is 79.9. The lowest BCUT2D eigenvalue weighted by Gasteiger charge is -2.14. The van der Waals surface area contributed by atoms with E-state index in [4.69, 9.17) is 18.9 Å². The Balaban J connectivity index is 2.46. The molecule has 0 aliphatic rings. The van der Waals surface area contributed by atoms with Gasteiger partial charge in [0.2, 0.25) is 0 Å². The standard InChI is InChI=1S/C21H19BrN2O6/c1-27-14-11-10-13(22)15(19(14)28-2)17-16(20(25)29-3)18(21(26)30-4)24(23-17)12-8-6-5-7-9-12/h5-11H,1-4H3. The van der Waals surface area contributed by atoms with Gasteiger partial charge in [0, 0.05) is 4.47 Å². The number of carbonyl (C=O) groups is 2. The van der Waals surface area contributed by atoms with Crippen LogP contribution in [0, 0.1) is 0 Å². The number of carbonyl (C=O) groups excluding carboxylic acids is 2. The largest absolute Gasteiger partial charge is 0.493 e. The summed E-state index contributed by atoms with van der Waals surface area (Å²) in [6, 6.07) is 12.4. The van der Waals surface area contributed by atoms with Crippen molar-refractivity contribution < 1.29 is 28.5 Å². The van der Waals surface area contributed by atoms with Crippen LogP contribution >= 0.6 is 15.9 Å². The lowest BCUT2D eigenvalue weighted by Crippen LogP contribution is -2.15. The van der Waals surface area contributed by atoms with Gasteiger partial charge in [0.1, 0.15) is 11.3 Å². The first-order valence-corrected chi connectivity index (χ1v) is 9.53. The van der Waals surface area contributed by atoms with Gasteiger partial charge in [-0.1, -0.05) is 18.2 Å². The summed E-state index contributed by atoms with van der Waals surface area (Å²) in [5.41, 5.74) is 1.04. The first kappa shape index (κ1) is 21.4. The van der Waals surface area contributed by atoms with Crippen LogP contribution in [-0.2, 0) is 9.47 Å². The highest BCUT2D eigenvalue weighted by Gasteiger charge is 2.34. The summed E-state index contributed by atoms with van der Waals surface area (Å²) in [6.45, 7) is 0. The molecule has 0 fully saturated rings. The Kier molecular flexibility index (Phi) is 6.41. The Morgan fingerprint density at radius 2 is 1.57 bits per heavy atom. The van der Waals surface area contributed by atoms with Gasteiger partial charge in [0.25, 0.3) is 0 Å². The van der Waals surface area contributed by atoms with Crippen LogP contribution in [0.3, 0.4) is 0 Å². The minimum Gasteiger partial charge on any atom is -0.493 e. The zero-order valence-electron chi connectivity index (χ0n) is 16.8. The number of benzene rings is 2. The predicted molar refractivity (Wildman–Crippen MR) is 112 cm³/mol. The van der Waals surface area contributed by atoms with E-state index < -0.39 is 11.9 Å². The lowest BCUT2D eigenvalue weighted by atomic mass is 10.0. The Bertz CT molecular complexity index is 1090. The molecule has 0 aliphatic carbocycles. The number of ether oxygens (including phenoxy) is 4. The molecule has 0 bridgehead atoms. The summed E-state index contributed by atoms with van der Waals surface area (Å²) in [7, 11) is 5.43. The Hall–Kier alpha value is -3.33. The van der Waals surface area contributed by atoms with E-state index in [9.17, 15) is 9.59 Å². The second-order valence-electron chi connectivity index (χ2n) is 5.96. The average molecular weight is 475 g/mol. The van der Waals surface area contributed by atoms with Crippen molar-refractivity contribution in [2.75, 3.05) is 28.4 Å². The maximum absolute atomic E-state index is 12.8. The van der Waals surface area contributed by atoms with E-state index in [1.54, 1.807) is 36.4 Å². The van der Waals surface area contributed by atoms with Crippen molar-refractivity contribution in [3.05, 3.63) is 58.2 Å². The van der Waals surface area contributed by atoms with Gasteiger partial charge in [0.05, 0.1) is 39.7 Å². The number of esters is 2. The maximum Gasteiger partial charge on any atom is 0.357 e. The smallest absolute Gasteiger partial charge is 0.357 e. The van der Waals surface area contributed by atoms with Gasteiger partial charge in [-0.3, -0.25) is 0 Å². The molecular weight excluding hydrogens is 456 g/mol. The summed E-state index contributed by atoms with van der Waals surface area (Å²) in [5, 5.41) is 4.58. The fourth-order valence-electron chi connectivity index (χ4n) is 3.05. The third kappa shape index (κ3) is 3.63. The fraction of sp³-hybridized carbons (Fsp3) is 0.190. The SMILES string of the molecule is COC(=O)c1c(-c2c(Br)ccc(OC)c2OC)nn(-c2ccccc2)c1C(=O)OC. The van der Waals surface area contributed by atoms with Gasteiger partial charge in [-0.05, 0) is 40.2 Å². The normalized spacial score (nSPS) is 10.4. The topological polar surface area (TPSA) is 88.9 Å². The third-order valence-corrected chi connectivity index (χ3v) is 5.05. The summed E-state index contributed by atoms with van der Waals surface area (Å²) in [6.07, 6.45) is 0. The van der Waals surface area contributed by atoms with E-state index in [0.29, 0.717) is 27.2 Å². The number of hydrogen-bond donors (Lipinski definition) is 0. The molecule has 0 atom stereocenters. The van der Waals surface area contributed by atoms with Gasteiger partial charge in [-0.25, -0.2) is 14.3 Å². The predicted octanol–water partition coefficient (Wildman–Crippen LogP) is 3.89. The number of aromatic nitrogens is 2. The molecule has 9 heteroatoms. The number of rotatable bonds is 6. The molecule has 1 heterocycles. The van der Waals surface area contributed by atoms with Gasteiger partial charge >= 0.3 is 11.9 Å². The first-order chi connectivity index (χ1) is 14.5. The van der Waals surface area contributed by atoms with Gasteiger partial charge in [0.15, 0.2) is 17.2 Å². The van der Waals surface area contributed by atoms with Crippen molar-refractivity contribution in [3.63, 3.8) is 0 Å². The van der Waals surface area contributed by atoms with E-state index in [0.717, 1.165) is 0 Å². The molecule has 3 aromatic rings. The molecule has 0 saturated carbocycles. The molecule has 0 saturated heterocycles. The summed E-state index contributed by atoms with van der Waals surface area (Å²) in [5.74, 6) is -0.716. The summed E-state index contributed by atoms with van der Waals surface area (Å²) < 4.78 is 22.8. The maximum atomic E-state index is 12.8. The highest BCUT2D eigenvalue weighted by Crippen LogP contribution is 2.44. The summed E-state index contributed by atoms with van der Waals surface area (Å²) >= 11 is 3.48. The number of para-hydroxylation sites is 1. The van der Waals surface area contributed by atoms with Crippen LogP contribution in [0.15, 0.2) is 46.9 Å². The van der Waals surface area contributed by atoms with Crippen LogP contribution in [0.1, 0.15) is 20.8 Å². The molecule has 0 N–H and O–H groups in total. The highest BCUT2D eigenvalue weighted by molar-refractivity contribution is 9.10. The van der Waals surface area contributed by atoms with E-state index in [-0.39, 0.29) is 17.0 Å². The first-order valence-electron chi connectivity index (χ1n) is 8.74. The van der Waals surface area contributed by atoms with Crippen molar-refractivity contribution in [2.45, 2.75) is 0 Å². The van der Waals surface area contributed by atoms with Crippen molar-refractivity contribution in [3.8, 4) is 28.4 Å². The number of methoxy groups -OCH3 is 4. The molecule has 0 aliphatic heterocycles. The molecule has 156 valence electrons. The Morgan fingerprint density at radius 1 is 0.900 bits per heavy atom. The fourth-order valence-corrected chi connectivity index (χ4v) is 3.55. The van der Waals surface area contributed by atoms with Gasteiger partial charge < -0.3 is 18.9 Å². The monoisotopic (exact) mass is 474 g/mol. The van der Waals surface area contributed by atoms with Crippen molar-refractivity contribution in [1.82, 2.24) is 9.78 Å². The second-order valence-corrected chi connectivity index (χ2v) is 6.81. The van der Waals surface area contributed by atoms with Crippen LogP contribution in [0.5, 0.6) is 11.5 Å². The molecule has 0 radical (unpaired) electrons. The molecule has 8 nitrogen and oxygen atoms in total. The van der Waals surface area contributed by atoms with Crippen LogP contribution in [0.2, 0.25) is 0 Å². The quantitative estimate of drug-likeness (QED) is 0.500. The molecule has 0 amide bonds. The Labute approximate surface area is 181 Å². The number of nitrogens with zero attached hydrogens (tertiary/aromatic N) is 2. The van der Waals surface area contributed by atoms with Crippen molar-refractivity contribution in [2.24, 2.45) is 0 Å². The molecule has 3 rings (SSSR count). The van der Waals surface area contributed by atoms with E-state index in [1.165, 1.54) is 33.1 Å². The number of hydrogen-bond acceptors (Lipinski definition) is 7. The number of halogens is 1. The lowest BCUT2D eigenvalue weighted by molar-refractivity contribution is 0.0549. The molecule has 0 spiro atoms. The van der Waals surface area contributed by atoms with E-state index >= 15 is 0 Å². The minimum absolute atomic E-state index is 0.0551. The van der Waals surface area contributed by atoms with Crippen LogP contribution in [0.25, 0.3) is 16.9 Å². The van der Waals surface area contributed by atoms with E-state index in [2.05, 4.69) is 21.0 Å². The average Bonchev–Trinajstić information content (AvgIpc) is 3.18. The van der Waals surface area contributed by atoms with Crippen molar-refractivity contribution >= 4 is 27.9 Å². The Morgan fingerprint density at radius 3 is 2.13 bits per heavy atom. The zero-order valence-corrected chi connectivity index (χ0v) is 18.3. The van der Waals surface area contributed by atoms with Crippen LogP contribution in [0.4, 0.5) is 0 Å². The molecule has 1 aromatic heterocycles. The van der Waals surface area contributed by atoms with Gasteiger partial charge in [-0.2, -0.15) is 5.10 Å². The summed E-state index contributed by atoms with van der Waals surface area (Å²) in [4.78, 5) is 25.5. The van der Waals surface area contributed by atoms with Crippen LogP contribution < -0.4 is 9.47 Å². The zero-order chi connectivity index (χ0) is 21.8. The van der Waals surface area contributed by atoms with Crippen LogP contribution in [-0.4, -0.2) is 50.2 Å². The molecule has 2 aromatic carbocycles. The molecule has 30 heavy (non-hydrogen) atoms. The molecule has 0 unspecified atom stereocenters. The van der Waals surface area contributed by atoms with Gasteiger partial charge in [-0.15, -0.1) is 0 Å². The second kappa shape index (κ2) is 9.00. The minimum atomic E-state index is -0.746.